The summed E-state index contributed by atoms with van der Waals surface area (Å²) in [7, 11) is 0. The minimum Gasteiger partial charge on any atom is -0.356 e. The maximum Gasteiger partial charge on any atom is 0.220 e. The molecule has 2 N–H and O–H groups in total. The highest BCUT2D eigenvalue weighted by Gasteiger charge is 2.15. The lowest BCUT2D eigenvalue weighted by Gasteiger charge is -2.22. The molecule has 0 aliphatic rings. The standard InChI is InChI=1S/C42H78N2O2/c1-5-7-9-11-13-15-17-19-20-22-24-26-28-30-32-37-42(46)44-40(39(3)4)35-33-34-38-43-41(45)36-31-29-27-25-23-21-18-16-14-12-10-8-6-2/h13,15,19-20,24,26,39-40H,5-12,14,16-18,21-23,25,27-38H2,1-4H3,(H,43,45)(H,44,46)/b15-13-,20-19-,26-24-/t40-/m0/s1. The molecule has 0 aromatic heterocycles. The molecule has 0 bridgehead atoms. The average Bonchev–Trinajstić information content (AvgIpc) is 3.04. The van der Waals surface area contributed by atoms with Gasteiger partial charge in [-0.25, -0.2) is 0 Å². The van der Waals surface area contributed by atoms with Crippen LogP contribution in [0.15, 0.2) is 36.5 Å². The third-order valence-corrected chi connectivity index (χ3v) is 8.97. The maximum absolute atomic E-state index is 12.5. The van der Waals surface area contributed by atoms with Gasteiger partial charge in [-0.15, -0.1) is 0 Å². The summed E-state index contributed by atoms with van der Waals surface area (Å²) in [5, 5.41) is 6.38. The molecule has 0 rings (SSSR count). The monoisotopic (exact) mass is 643 g/mol. The van der Waals surface area contributed by atoms with Gasteiger partial charge in [0.1, 0.15) is 0 Å². The van der Waals surface area contributed by atoms with Gasteiger partial charge in [-0.05, 0) is 76.5 Å². The number of hydrogen-bond donors (Lipinski definition) is 2. The van der Waals surface area contributed by atoms with Crippen LogP contribution in [0.4, 0.5) is 0 Å². The van der Waals surface area contributed by atoms with E-state index in [1.54, 1.807) is 0 Å². The van der Waals surface area contributed by atoms with E-state index in [0.29, 0.717) is 18.8 Å². The van der Waals surface area contributed by atoms with Crippen LogP contribution >= 0.6 is 0 Å². The van der Waals surface area contributed by atoms with Crippen molar-refractivity contribution in [3.8, 4) is 0 Å². The summed E-state index contributed by atoms with van der Waals surface area (Å²) in [6, 6.07) is 0.215. The van der Waals surface area contributed by atoms with E-state index in [4.69, 9.17) is 0 Å². The van der Waals surface area contributed by atoms with Gasteiger partial charge in [0.2, 0.25) is 11.8 Å². The fourth-order valence-electron chi connectivity index (χ4n) is 5.80. The number of amides is 2. The van der Waals surface area contributed by atoms with Gasteiger partial charge in [0, 0.05) is 25.4 Å². The second kappa shape index (κ2) is 36.0. The lowest BCUT2D eigenvalue weighted by atomic mass is 9.98. The zero-order valence-corrected chi connectivity index (χ0v) is 31.2. The number of allylic oxidation sites excluding steroid dienone is 6. The van der Waals surface area contributed by atoms with E-state index in [2.05, 4.69) is 74.8 Å². The predicted octanol–water partition coefficient (Wildman–Crippen LogP) is 12.5. The summed E-state index contributed by atoms with van der Waals surface area (Å²) in [6.07, 6.45) is 45.2. The summed E-state index contributed by atoms with van der Waals surface area (Å²) >= 11 is 0. The number of nitrogens with one attached hydrogen (secondary N) is 2. The van der Waals surface area contributed by atoms with Gasteiger partial charge in [0.25, 0.3) is 0 Å². The van der Waals surface area contributed by atoms with Crippen LogP contribution in [0.2, 0.25) is 0 Å². The normalized spacial score (nSPS) is 12.6. The van der Waals surface area contributed by atoms with Crippen LogP contribution in [-0.2, 0) is 9.59 Å². The van der Waals surface area contributed by atoms with Gasteiger partial charge in [-0.2, -0.15) is 0 Å². The molecule has 0 fully saturated rings. The van der Waals surface area contributed by atoms with Crippen molar-refractivity contribution in [1.82, 2.24) is 10.6 Å². The highest BCUT2D eigenvalue weighted by atomic mass is 16.2. The quantitative estimate of drug-likeness (QED) is 0.0542. The molecule has 1 atom stereocenters. The Morgan fingerprint density at radius 1 is 0.500 bits per heavy atom. The second-order valence-electron chi connectivity index (χ2n) is 13.9. The predicted molar refractivity (Wildman–Crippen MR) is 203 cm³/mol. The van der Waals surface area contributed by atoms with Crippen LogP contribution in [-0.4, -0.2) is 24.4 Å². The van der Waals surface area contributed by atoms with Crippen molar-refractivity contribution in [1.29, 1.82) is 0 Å². The van der Waals surface area contributed by atoms with Gasteiger partial charge >= 0.3 is 0 Å². The molecule has 0 aromatic rings. The molecule has 0 unspecified atom stereocenters. The Morgan fingerprint density at radius 3 is 1.48 bits per heavy atom. The van der Waals surface area contributed by atoms with Crippen LogP contribution < -0.4 is 10.6 Å². The molecule has 46 heavy (non-hydrogen) atoms. The highest BCUT2D eigenvalue weighted by Crippen LogP contribution is 2.14. The Labute approximate surface area is 287 Å². The van der Waals surface area contributed by atoms with Gasteiger partial charge < -0.3 is 10.6 Å². The molecule has 2 amide bonds. The van der Waals surface area contributed by atoms with Crippen molar-refractivity contribution in [2.45, 2.75) is 207 Å². The zero-order valence-electron chi connectivity index (χ0n) is 31.2. The van der Waals surface area contributed by atoms with E-state index in [-0.39, 0.29) is 17.9 Å². The van der Waals surface area contributed by atoms with Crippen LogP contribution in [0, 0.1) is 5.92 Å². The minimum atomic E-state index is 0.180. The summed E-state index contributed by atoms with van der Waals surface area (Å²) in [5.41, 5.74) is 0. The molecule has 4 nitrogen and oxygen atoms in total. The first-order valence-electron chi connectivity index (χ1n) is 20.0. The van der Waals surface area contributed by atoms with Crippen molar-refractivity contribution in [3.05, 3.63) is 36.5 Å². The summed E-state index contributed by atoms with van der Waals surface area (Å²) < 4.78 is 0. The number of unbranched alkanes of at least 4 members (excludes halogenated alkanes) is 18. The maximum atomic E-state index is 12.5. The first-order valence-corrected chi connectivity index (χ1v) is 20.0. The molecule has 268 valence electrons. The SMILES string of the molecule is CCCCC/C=C\C/C=C\C/C=C\CCCCC(=O)N[C@@H](CCCCNC(=O)CCCCCCCCCCCCCCC)C(C)C. The molecular formula is C42H78N2O2. The second-order valence-corrected chi connectivity index (χ2v) is 13.9. The Bertz CT molecular complexity index is 755. The largest absolute Gasteiger partial charge is 0.356 e. The Hall–Kier alpha value is -1.84. The Morgan fingerprint density at radius 2 is 0.935 bits per heavy atom. The van der Waals surface area contributed by atoms with Crippen molar-refractivity contribution < 1.29 is 9.59 Å². The molecule has 0 heterocycles. The Balaban J connectivity index is 3.71. The average molecular weight is 643 g/mol. The third kappa shape index (κ3) is 33.5. The first-order chi connectivity index (χ1) is 22.5. The Kier molecular flexibility index (Phi) is 34.6. The summed E-state index contributed by atoms with van der Waals surface area (Å²) in [6.45, 7) is 9.64. The molecule has 0 aromatic carbocycles. The number of hydrogen-bond acceptors (Lipinski definition) is 2. The number of rotatable bonds is 34. The van der Waals surface area contributed by atoms with Crippen molar-refractivity contribution in [2.24, 2.45) is 5.92 Å². The zero-order chi connectivity index (χ0) is 33.8. The van der Waals surface area contributed by atoms with Crippen molar-refractivity contribution in [3.63, 3.8) is 0 Å². The van der Waals surface area contributed by atoms with Crippen LogP contribution in [0.3, 0.4) is 0 Å². The van der Waals surface area contributed by atoms with E-state index >= 15 is 0 Å². The van der Waals surface area contributed by atoms with E-state index in [0.717, 1.165) is 64.3 Å². The van der Waals surface area contributed by atoms with Gasteiger partial charge in [0.05, 0.1) is 0 Å². The van der Waals surface area contributed by atoms with Crippen molar-refractivity contribution in [2.75, 3.05) is 6.54 Å². The molecule has 0 aliphatic heterocycles. The summed E-state index contributed by atoms with van der Waals surface area (Å²) in [4.78, 5) is 24.7. The molecule has 0 saturated carbocycles. The smallest absolute Gasteiger partial charge is 0.220 e. The van der Waals surface area contributed by atoms with Gasteiger partial charge in [-0.1, -0.05) is 154 Å². The fourth-order valence-corrected chi connectivity index (χ4v) is 5.80. The first kappa shape index (κ1) is 44.2. The topological polar surface area (TPSA) is 58.2 Å². The van der Waals surface area contributed by atoms with E-state index in [9.17, 15) is 9.59 Å². The van der Waals surface area contributed by atoms with Crippen LogP contribution in [0.25, 0.3) is 0 Å². The molecule has 0 saturated heterocycles. The van der Waals surface area contributed by atoms with Gasteiger partial charge in [-0.3, -0.25) is 9.59 Å². The van der Waals surface area contributed by atoms with E-state index < -0.39 is 0 Å². The molecular weight excluding hydrogens is 564 g/mol. The van der Waals surface area contributed by atoms with Crippen molar-refractivity contribution >= 4 is 11.8 Å². The number of carbonyl (C=O) groups is 2. The summed E-state index contributed by atoms with van der Waals surface area (Å²) in [5.74, 6) is 0.796. The molecule has 4 heteroatoms. The fraction of sp³-hybridized carbons (Fsp3) is 0.810. The highest BCUT2D eigenvalue weighted by molar-refractivity contribution is 5.76. The van der Waals surface area contributed by atoms with Crippen LogP contribution in [0.5, 0.6) is 0 Å². The molecule has 0 aliphatic carbocycles. The minimum absolute atomic E-state index is 0.180. The lowest BCUT2D eigenvalue weighted by Crippen LogP contribution is -2.38. The number of carbonyl (C=O) groups excluding carboxylic acids is 2. The van der Waals surface area contributed by atoms with Crippen LogP contribution in [0.1, 0.15) is 201 Å². The van der Waals surface area contributed by atoms with E-state index in [1.165, 1.54) is 103 Å². The third-order valence-electron chi connectivity index (χ3n) is 8.97. The van der Waals surface area contributed by atoms with E-state index in [1.807, 2.05) is 0 Å². The molecule has 0 spiro atoms. The van der Waals surface area contributed by atoms with Gasteiger partial charge in [0.15, 0.2) is 0 Å². The molecule has 0 radical (unpaired) electrons. The lowest BCUT2D eigenvalue weighted by molar-refractivity contribution is -0.122.